The Morgan fingerprint density at radius 1 is 1.12 bits per heavy atom. The topological polar surface area (TPSA) is 29.5 Å². The molecule has 6 heteroatoms. The van der Waals surface area contributed by atoms with E-state index in [-0.39, 0.29) is 0 Å². The first-order chi connectivity index (χ1) is 12.2. The van der Waals surface area contributed by atoms with Gasteiger partial charge in [-0.05, 0) is 51.6 Å². The van der Waals surface area contributed by atoms with E-state index in [9.17, 15) is 4.57 Å². The zero-order valence-electron chi connectivity index (χ0n) is 17.0. The zero-order valence-corrected chi connectivity index (χ0v) is 19.9. The minimum Gasteiger partial charge on any atom is -0.369 e. The SMILES string of the molecule is C=C[Si](C)(CCP(=O)(CN1CCCCC1)O[Si](C)(C)C)c1ccccc1. The van der Waals surface area contributed by atoms with E-state index in [0.29, 0.717) is 12.4 Å². The van der Waals surface area contributed by atoms with Gasteiger partial charge in [-0.2, -0.15) is 0 Å². The molecule has 146 valence electrons. The molecule has 0 aliphatic carbocycles. The van der Waals surface area contributed by atoms with Crippen molar-refractivity contribution in [2.24, 2.45) is 0 Å². The van der Waals surface area contributed by atoms with Crippen LogP contribution >= 0.6 is 7.37 Å². The second-order valence-corrected chi connectivity index (χ2v) is 20.4. The number of piperidine rings is 1. The molecule has 1 aliphatic rings. The molecule has 2 unspecified atom stereocenters. The third-order valence-electron chi connectivity index (χ3n) is 5.16. The third-order valence-corrected chi connectivity index (χ3v) is 14.7. The van der Waals surface area contributed by atoms with Gasteiger partial charge in [-0.1, -0.05) is 54.2 Å². The second-order valence-electron chi connectivity index (χ2n) is 8.80. The summed E-state index contributed by atoms with van der Waals surface area (Å²) in [6.07, 6.45) is 5.04. The lowest BCUT2D eigenvalue weighted by Crippen LogP contribution is -2.44. The molecule has 1 fully saturated rings. The summed E-state index contributed by atoms with van der Waals surface area (Å²) in [5, 5.41) is 1.37. The highest BCUT2D eigenvalue weighted by molar-refractivity contribution is 7.60. The minimum absolute atomic E-state index is 0.633. The monoisotopic (exact) mass is 409 g/mol. The van der Waals surface area contributed by atoms with Gasteiger partial charge in [0.25, 0.3) is 0 Å². The van der Waals surface area contributed by atoms with Crippen molar-refractivity contribution in [3.8, 4) is 0 Å². The maximum atomic E-state index is 13.8. The fourth-order valence-corrected chi connectivity index (χ4v) is 14.2. The van der Waals surface area contributed by atoms with Crippen molar-refractivity contribution < 1.29 is 8.78 Å². The van der Waals surface area contributed by atoms with E-state index in [4.69, 9.17) is 4.21 Å². The van der Waals surface area contributed by atoms with Gasteiger partial charge in [-0.25, -0.2) is 0 Å². The third kappa shape index (κ3) is 6.61. The minimum atomic E-state index is -2.66. The molecular weight excluding hydrogens is 373 g/mol. The molecule has 1 saturated heterocycles. The lowest BCUT2D eigenvalue weighted by Gasteiger charge is -2.35. The smallest absolute Gasteiger partial charge is 0.207 e. The Hall–Kier alpha value is -0.456. The molecule has 1 aromatic carbocycles. The molecule has 0 bridgehead atoms. The van der Waals surface area contributed by atoms with E-state index in [1.165, 1.54) is 24.4 Å². The highest BCUT2D eigenvalue weighted by Crippen LogP contribution is 2.51. The van der Waals surface area contributed by atoms with Crippen molar-refractivity contribution in [2.75, 3.05) is 25.5 Å². The van der Waals surface area contributed by atoms with Crippen LogP contribution in [0.1, 0.15) is 19.3 Å². The predicted octanol–water partition coefficient (Wildman–Crippen LogP) is 5.27. The van der Waals surface area contributed by atoms with E-state index in [1.807, 2.05) is 0 Å². The van der Waals surface area contributed by atoms with Crippen LogP contribution in [-0.4, -0.2) is 46.8 Å². The van der Waals surface area contributed by atoms with E-state index in [2.05, 4.69) is 73.7 Å². The van der Waals surface area contributed by atoms with Crippen LogP contribution in [0.15, 0.2) is 42.6 Å². The summed E-state index contributed by atoms with van der Waals surface area (Å²) in [6, 6.07) is 11.6. The lowest BCUT2D eigenvalue weighted by molar-refractivity contribution is 0.254. The van der Waals surface area contributed by atoms with Gasteiger partial charge in [0.2, 0.25) is 7.37 Å². The van der Waals surface area contributed by atoms with Crippen LogP contribution < -0.4 is 5.19 Å². The van der Waals surface area contributed by atoms with Gasteiger partial charge in [-0.3, -0.25) is 9.46 Å². The highest BCUT2D eigenvalue weighted by atomic mass is 31.2. The number of benzene rings is 1. The standard InChI is InChI=1S/C20H36NO2PSi2/c1-6-26(5,20-13-9-7-10-14-20)18-17-24(22,23-25(2,3)4)19-21-15-11-8-12-16-21/h6-7,9-10,13-14H,1,8,11-12,15-19H2,2-5H3. The Morgan fingerprint density at radius 2 is 1.73 bits per heavy atom. The van der Waals surface area contributed by atoms with Crippen LogP contribution in [0.5, 0.6) is 0 Å². The van der Waals surface area contributed by atoms with Crippen LogP contribution in [0.3, 0.4) is 0 Å². The normalized spacial score (nSPS) is 20.9. The first-order valence-electron chi connectivity index (χ1n) is 9.86. The Labute approximate surface area is 162 Å². The number of likely N-dealkylation sites (tertiary alicyclic amines) is 1. The van der Waals surface area contributed by atoms with E-state index in [1.54, 1.807) is 0 Å². The predicted molar refractivity (Wildman–Crippen MR) is 120 cm³/mol. The van der Waals surface area contributed by atoms with Gasteiger partial charge in [0, 0.05) is 6.16 Å². The van der Waals surface area contributed by atoms with Gasteiger partial charge >= 0.3 is 0 Å². The molecule has 0 radical (unpaired) electrons. The Bertz CT molecular complexity index is 626. The first kappa shape index (κ1) is 21.8. The summed E-state index contributed by atoms with van der Waals surface area (Å²) in [5.74, 6) is 0. The van der Waals surface area contributed by atoms with Crippen LogP contribution in [-0.2, 0) is 8.78 Å². The molecule has 1 heterocycles. The number of hydrogen-bond acceptors (Lipinski definition) is 3. The largest absolute Gasteiger partial charge is 0.369 e. The molecule has 26 heavy (non-hydrogen) atoms. The van der Waals surface area contributed by atoms with Crippen LogP contribution in [0.4, 0.5) is 0 Å². The second kappa shape index (κ2) is 9.16. The van der Waals surface area contributed by atoms with E-state index >= 15 is 0 Å². The quantitative estimate of drug-likeness (QED) is 0.411. The van der Waals surface area contributed by atoms with Crippen LogP contribution in [0, 0.1) is 0 Å². The number of rotatable bonds is 9. The fourth-order valence-electron chi connectivity index (χ4n) is 3.64. The lowest BCUT2D eigenvalue weighted by atomic mass is 10.1. The molecule has 1 aromatic rings. The van der Waals surface area contributed by atoms with Crippen molar-refractivity contribution in [3.05, 3.63) is 42.6 Å². The highest BCUT2D eigenvalue weighted by Gasteiger charge is 2.36. The van der Waals surface area contributed by atoms with Gasteiger partial charge in [0.1, 0.15) is 8.07 Å². The zero-order chi connectivity index (χ0) is 19.3. The van der Waals surface area contributed by atoms with E-state index in [0.717, 1.165) is 19.1 Å². The van der Waals surface area contributed by atoms with Gasteiger partial charge < -0.3 is 4.21 Å². The molecule has 1 aliphatic heterocycles. The summed E-state index contributed by atoms with van der Waals surface area (Å²) < 4.78 is 20.2. The first-order valence-corrected chi connectivity index (χ1v) is 18.0. The average Bonchev–Trinajstić information content (AvgIpc) is 2.60. The molecular formula is C20H36NO2PSi2. The summed E-state index contributed by atoms with van der Waals surface area (Å²) in [5.41, 5.74) is 2.14. The number of hydrogen-bond donors (Lipinski definition) is 0. The maximum absolute atomic E-state index is 13.8. The van der Waals surface area contributed by atoms with Gasteiger partial charge in [0.05, 0.1) is 6.29 Å². The molecule has 3 nitrogen and oxygen atoms in total. The van der Waals surface area contributed by atoms with Crippen molar-refractivity contribution in [1.29, 1.82) is 0 Å². The average molecular weight is 410 g/mol. The fraction of sp³-hybridized carbons (Fsp3) is 0.600. The molecule has 0 aromatic heterocycles. The molecule has 0 amide bonds. The van der Waals surface area contributed by atoms with Crippen molar-refractivity contribution in [3.63, 3.8) is 0 Å². The van der Waals surface area contributed by atoms with Gasteiger partial charge in [0.15, 0.2) is 8.32 Å². The summed E-state index contributed by atoms with van der Waals surface area (Å²) >= 11 is 0. The van der Waals surface area contributed by atoms with Crippen LogP contribution in [0.2, 0.25) is 32.2 Å². The van der Waals surface area contributed by atoms with Crippen molar-refractivity contribution in [1.82, 2.24) is 4.90 Å². The Balaban J connectivity index is 2.14. The van der Waals surface area contributed by atoms with Crippen molar-refractivity contribution in [2.45, 2.75) is 51.5 Å². The Kier molecular flexibility index (Phi) is 7.69. The Morgan fingerprint density at radius 3 is 2.27 bits per heavy atom. The summed E-state index contributed by atoms with van der Waals surface area (Å²) in [4.78, 5) is 2.37. The molecule has 0 N–H and O–H groups in total. The number of nitrogens with zero attached hydrogens (tertiary/aromatic N) is 1. The molecule has 2 rings (SSSR count). The van der Waals surface area contributed by atoms with Crippen molar-refractivity contribution >= 4 is 28.9 Å². The molecule has 0 spiro atoms. The van der Waals surface area contributed by atoms with Crippen LogP contribution in [0.25, 0.3) is 0 Å². The summed E-state index contributed by atoms with van der Waals surface area (Å²) in [7, 11) is -6.37. The van der Waals surface area contributed by atoms with E-state index < -0.39 is 23.8 Å². The summed E-state index contributed by atoms with van der Waals surface area (Å²) in [6.45, 7) is 15.0. The maximum Gasteiger partial charge on any atom is 0.207 e. The van der Waals surface area contributed by atoms with Gasteiger partial charge in [-0.15, -0.1) is 6.58 Å². The molecule has 0 saturated carbocycles. The molecule has 2 atom stereocenters.